The number of amides is 2. The van der Waals surface area contributed by atoms with Gasteiger partial charge < -0.3 is 24.5 Å². The first-order valence-electron chi connectivity index (χ1n) is 13.7. The molecule has 1 spiro atoms. The topological polar surface area (TPSA) is 90.4 Å². The minimum Gasteiger partial charge on any atom is -0.461 e. The summed E-state index contributed by atoms with van der Waals surface area (Å²) < 4.78 is 4.60. The minimum atomic E-state index is -0.836. The molecule has 1 unspecified atom stereocenters. The third kappa shape index (κ3) is 4.43. The van der Waals surface area contributed by atoms with Gasteiger partial charge in [-0.15, -0.1) is 11.8 Å². The highest BCUT2D eigenvalue weighted by Gasteiger charge is 2.71. The van der Waals surface area contributed by atoms with Gasteiger partial charge in [-0.25, -0.2) is 0 Å². The van der Waals surface area contributed by atoms with Crippen LogP contribution in [-0.4, -0.2) is 83.2 Å². The quantitative estimate of drug-likeness (QED) is 0.293. The molecule has 204 valence electrons. The summed E-state index contributed by atoms with van der Waals surface area (Å²) in [5, 5.41) is 9.01. The van der Waals surface area contributed by atoms with Crippen LogP contribution >= 0.6 is 11.8 Å². The molecule has 1 N–H and O–H groups in total. The van der Waals surface area contributed by atoms with E-state index in [0.29, 0.717) is 25.9 Å². The third-order valence-electron chi connectivity index (χ3n) is 8.26. The van der Waals surface area contributed by atoms with Crippen molar-refractivity contribution in [3.63, 3.8) is 0 Å². The summed E-state index contributed by atoms with van der Waals surface area (Å²) in [5.74, 6) is -1.90. The number of hydrogen-bond acceptors (Lipinski definition) is 7. The fraction of sp³-hybridized carbons (Fsp3) is 0.552. The van der Waals surface area contributed by atoms with Crippen LogP contribution in [-0.2, 0) is 19.1 Å². The molecule has 8 nitrogen and oxygen atoms in total. The molecule has 4 aliphatic heterocycles. The molecule has 5 rings (SSSR count). The van der Waals surface area contributed by atoms with Crippen LogP contribution in [0, 0.1) is 11.8 Å². The van der Waals surface area contributed by atoms with Gasteiger partial charge in [-0.2, -0.15) is 0 Å². The predicted octanol–water partition coefficient (Wildman–Crippen LogP) is 3.01. The number of carbonyl (C=O) groups excluding carboxylic acids is 3. The van der Waals surface area contributed by atoms with E-state index < -0.39 is 22.6 Å². The monoisotopic (exact) mass is 539 g/mol. The highest BCUT2D eigenvalue weighted by Crippen LogP contribution is 2.61. The van der Waals surface area contributed by atoms with Crippen molar-refractivity contribution in [1.82, 2.24) is 4.90 Å². The summed E-state index contributed by atoms with van der Waals surface area (Å²) >= 11 is 1.56. The molecule has 2 amide bonds. The van der Waals surface area contributed by atoms with Gasteiger partial charge in [0, 0.05) is 49.4 Å². The molecular formula is C29H37N3O5S. The number of rotatable bonds is 9. The minimum absolute atomic E-state index is 0.0979. The first kappa shape index (κ1) is 26.8. The van der Waals surface area contributed by atoms with Crippen LogP contribution in [0.1, 0.15) is 33.1 Å². The molecule has 2 saturated heterocycles. The summed E-state index contributed by atoms with van der Waals surface area (Å²) in [6, 6.07) is 7.32. The van der Waals surface area contributed by atoms with Gasteiger partial charge in [-0.05, 0) is 57.4 Å². The first-order valence-corrected chi connectivity index (χ1v) is 14.6. The van der Waals surface area contributed by atoms with E-state index in [9.17, 15) is 19.5 Å². The van der Waals surface area contributed by atoms with Crippen molar-refractivity contribution >= 4 is 40.9 Å². The van der Waals surface area contributed by atoms with Crippen LogP contribution in [0.25, 0.3) is 0 Å². The molecule has 4 heterocycles. The number of nitrogens with zero attached hydrogens (tertiary/aromatic N) is 3. The van der Waals surface area contributed by atoms with Crippen molar-refractivity contribution in [3.8, 4) is 0 Å². The largest absolute Gasteiger partial charge is 0.461 e. The lowest BCUT2D eigenvalue weighted by atomic mass is 9.78. The molecule has 0 radical (unpaired) electrons. The van der Waals surface area contributed by atoms with E-state index in [0.717, 1.165) is 30.9 Å². The molecule has 9 heteroatoms. The third-order valence-corrected chi connectivity index (χ3v) is 10.0. The maximum absolute atomic E-state index is 14.4. The van der Waals surface area contributed by atoms with Gasteiger partial charge in [0.15, 0.2) is 0 Å². The number of hydrogen-bond donors (Lipinski definition) is 1. The Morgan fingerprint density at radius 3 is 2.53 bits per heavy atom. The second-order valence-electron chi connectivity index (χ2n) is 10.3. The maximum atomic E-state index is 14.4. The number of thioether (sulfide) groups is 1. The van der Waals surface area contributed by atoms with E-state index in [-0.39, 0.29) is 36.2 Å². The molecule has 4 aliphatic rings. The van der Waals surface area contributed by atoms with Gasteiger partial charge >= 0.3 is 5.97 Å². The highest BCUT2D eigenvalue weighted by molar-refractivity contribution is 8.02. The van der Waals surface area contributed by atoms with Gasteiger partial charge in [0.05, 0.1) is 16.6 Å². The van der Waals surface area contributed by atoms with Crippen molar-refractivity contribution < 1.29 is 24.2 Å². The Labute approximate surface area is 228 Å². The van der Waals surface area contributed by atoms with Gasteiger partial charge in [0.25, 0.3) is 5.91 Å². The Kier molecular flexibility index (Phi) is 7.86. The van der Waals surface area contributed by atoms with Crippen LogP contribution in [0.15, 0.2) is 48.6 Å². The molecule has 5 atom stereocenters. The molecule has 0 saturated carbocycles. The summed E-state index contributed by atoms with van der Waals surface area (Å²) in [4.78, 5) is 47.2. The average molecular weight is 540 g/mol. The van der Waals surface area contributed by atoms with Crippen molar-refractivity contribution in [2.45, 2.75) is 49.1 Å². The number of aliphatic hydroxyl groups is 1. The van der Waals surface area contributed by atoms with Gasteiger partial charge in [0.2, 0.25) is 5.91 Å². The van der Waals surface area contributed by atoms with Crippen LogP contribution in [0.2, 0.25) is 0 Å². The zero-order chi connectivity index (χ0) is 26.9. The standard InChI is InChI=1S/C29H37N3O5S/c1-3-30(4-2)20-11-13-21(14-12-20)31-17-9-15-29-24(23-22(38-29)10-8-19-37-28(23)36)26(34)32(25(29)27(31)35)16-6-5-7-18-33/h8-15,22-25,33H,3-7,16-19H2,1-2H3/t22-,23+,24-,25?,29-/m0/s1. The number of unbranched alkanes of at least 4 members (excludes halogenated alkanes) is 2. The molecule has 0 aliphatic carbocycles. The summed E-state index contributed by atoms with van der Waals surface area (Å²) in [6.07, 6.45) is 9.91. The van der Waals surface area contributed by atoms with E-state index in [4.69, 9.17) is 4.74 Å². The van der Waals surface area contributed by atoms with E-state index in [1.165, 1.54) is 0 Å². The number of aliphatic hydroxyl groups excluding tert-OH is 1. The Balaban J connectivity index is 1.51. The number of carbonyl (C=O) groups is 3. The van der Waals surface area contributed by atoms with Crippen LogP contribution < -0.4 is 9.80 Å². The van der Waals surface area contributed by atoms with Gasteiger partial charge in [0.1, 0.15) is 12.6 Å². The Morgan fingerprint density at radius 2 is 1.82 bits per heavy atom. The number of ether oxygens (including phenoxy) is 1. The molecule has 1 aromatic carbocycles. The second-order valence-corrected chi connectivity index (χ2v) is 11.7. The van der Waals surface area contributed by atoms with E-state index >= 15 is 0 Å². The molecule has 38 heavy (non-hydrogen) atoms. The molecule has 0 aromatic heterocycles. The van der Waals surface area contributed by atoms with Gasteiger partial charge in [-0.3, -0.25) is 14.4 Å². The Hall–Kier alpha value is -2.78. The van der Waals surface area contributed by atoms with Crippen molar-refractivity contribution in [1.29, 1.82) is 0 Å². The van der Waals surface area contributed by atoms with Gasteiger partial charge in [-0.1, -0.05) is 24.3 Å². The number of fused-ring (bicyclic) bond motifs is 2. The number of likely N-dealkylation sites (tertiary alicyclic amines) is 1. The zero-order valence-corrected chi connectivity index (χ0v) is 22.9. The van der Waals surface area contributed by atoms with E-state index in [1.807, 2.05) is 48.6 Å². The summed E-state index contributed by atoms with van der Waals surface area (Å²) in [6.45, 7) is 7.16. The van der Waals surface area contributed by atoms with Crippen molar-refractivity contribution in [3.05, 3.63) is 48.6 Å². The number of cyclic esters (lactones) is 1. The predicted molar refractivity (Wildman–Crippen MR) is 149 cm³/mol. The number of anilines is 2. The smallest absolute Gasteiger partial charge is 0.311 e. The Bertz CT molecular complexity index is 1120. The fourth-order valence-corrected chi connectivity index (χ4v) is 8.45. The second kappa shape index (κ2) is 11.1. The molecule has 2 fully saturated rings. The Morgan fingerprint density at radius 1 is 1.05 bits per heavy atom. The average Bonchev–Trinajstić information content (AvgIpc) is 3.21. The van der Waals surface area contributed by atoms with Crippen LogP contribution in [0.5, 0.6) is 0 Å². The molecular weight excluding hydrogens is 502 g/mol. The summed E-state index contributed by atoms with van der Waals surface area (Å²) in [5.41, 5.74) is 1.90. The highest BCUT2D eigenvalue weighted by atomic mass is 32.2. The normalized spacial score (nSPS) is 30.0. The van der Waals surface area contributed by atoms with Crippen molar-refractivity contribution in [2.75, 3.05) is 49.2 Å². The first-order chi connectivity index (χ1) is 18.5. The van der Waals surface area contributed by atoms with E-state index in [2.05, 4.69) is 18.7 Å². The van der Waals surface area contributed by atoms with Crippen molar-refractivity contribution in [2.24, 2.45) is 11.8 Å². The number of esters is 1. The maximum Gasteiger partial charge on any atom is 0.311 e. The van der Waals surface area contributed by atoms with Crippen LogP contribution in [0.3, 0.4) is 0 Å². The lowest BCUT2D eigenvalue weighted by Gasteiger charge is -2.35. The fourth-order valence-electron chi connectivity index (χ4n) is 6.44. The van der Waals surface area contributed by atoms with Crippen LogP contribution in [0.4, 0.5) is 11.4 Å². The summed E-state index contributed by atoms with van der Waals surface area (Å²) in [7, 11) is 0. The molecule has 0 bridgehead atoms. The number of benzene rings is 1. The lowest BCUT2D eigenvalue weighted by molar-refractivity contribution is -0.151. The zero-order valence-electron chi connectivity index (χ0n) is 22.1. The molecule has 1 aromatic rings. The lowest BCUT2D eigenvalue weighted by Crippen LogP contribution is -2.53. The van der Waals surface area contributed by atoms with E-state index in [1.54, 1.807) is 21.6 Å². The SMILES string of the molecule is CCN(CC)c1ccc(N2CC=C[C@]34S[C@H]5C=CCOC(=O)[C@H]5[C@H]3C(=O)N(CCCCCO)C4C2=O)cc1.